The standard InChI is InChI=1S/C18H14Cl2N2O3/c1-24-16-9-12(21)8-13(20)17(16)22-18(23)15-6-5-14(25-15)10-3-2-4-11(19)7-10/h2-9H,21H2,1H3,(H,22,23). The molecule has 3 N–H and O–H groups in total. The van der Waals surface area contributed by atoms with Crippen LogP contribution in [0.5, 0.6) is 5.75 Å². The predicted molar refractivity (Wildman–Crippen MR) is 99.5 cm³/mol. The predicted octanol–water partition coefficient (Wildman–Crippen LogP) is 5.10. The second-order valence-corrected chi connectivity index (χ2v) is 6.05. The van der Waals surface area contributed by atoms with Crippen molar-refractivity contribution in [1.82, 2.24) is 0 Å². The fourth-order valence-electron chi connectivity index (χ4n) is 2.32. The highest BCUT2D eigenvalue weighted by molar-refractivity contribution is 6.34. The van der Waals surface area contributed by atoms with Gasteiger partial charge in [-0.2, -0.15) is 0 Å². The van der Waals surface area contributed by atoms with Gasteiger partial charge in [-0.05, 0) is 30.3 Å². The van der Waals surface area contributed by atoms with Crippen molar-refractivity contribution < 1.29 is 13.9 Å². The van der Waals surface area contributed by atoms with Crippen LogP contribution < -0.4 is 15.8 Å². The summed E-state index contributed by atoms with van der Waals surface area (Å²) < 4.78 is 10.8. The largest absolute Gasteiger partial charge is 0.494 e. The molecule has 0 atom stereocenters. The van der Waals surface area contributed by atoms with Crippen molar-refractivity contribution in [1.29, 1.82) is 0 Å². The van der Waals surface area contributed by atoms with Gasteiger partial charge in [-0.3, -0.25) is 4.79 Å². The molecule has 1 aromatic heterocycles. The van der Waals surface area contributed by atoms with Crippen molar-refractivity contribution in [2.45, 2.75) is 0 Å². The van der Waals surface area contributed by atoms with Crippen molar-refractivity contribution in [2.75, 3.05) is 18.2 Å². The van der Waals surface area contributed by atoms with Gasteiger partial charge >= 0.3 is 0 Å². The van der Waals surface area contributed by atoms with E-state index in [-0.39, 0.29) is 10.8 Å². The van der Waals surface area contributed by atoms with Gasteiger partial charge < -0.3 is 20.2 Å². The summed E-state index contributed by atoms with van der Waals surface area (Å²) in [5.41, 5.74) is 7.25. The number of methoxy groups -OCH3 is 1. The number of furan rings is 1. The number of nitrogen functional groups attached to an aromatic ring is 1. The molecule has 3 rings (SSSR count). The fourth-order valence-corrected chi connectivity index (χ4v) is 2.77. The van der Waals surface area contributed by atoms with E-state index in [1.807, 2.05) is 6.07 Å². The monoisotopic (exact) mass is 376 g/mol. The third-order valence-corrected chi connectivity index (χ3v) is 4.01. The molecule has 1 heterocycles. The molecule has 25 heavy (non-hydrogen) atoms. The molecular weight excluding hydrogens is 363 g/mol. The first kappa shape index (κ1) is 17.2. The highest BCUT2D eigenvalue weighted by atomic mass is 35.5. The topological polar surface area (TPSA) is 77.5 Å². The van der Waals surface area contributed by atoms with Crippen LogP contribution in [-0.4, -0.2) is 13.0 Å². The Morgan fingerprint density at radius 1 is 1.16 bits per heavy atom. The third-order valence-electron chi connectivity index (χ3n) is 3.47. The molecule has 0 aliphatic heterocycles. The Kier molecular flexibility index (Phi) is 4.88. The first-order valence-corrected chi connectivity index (χ1v) is 8.03. The van der Waals surface area contributed by atoms with E-state index in [0.29, 0.717) is 27.9 Å². The summed E-state index contributed by atoms with van der Waals surface area (Å²) in [7, 11) is 1.46. The maximum Gasteiger partial charge on any atom is 0.291 e. The van der Waals surface area contributed by atoms with E-state index < -0.39 is 5.91 Å². The summed E-state index contributed by atoms with van der Waals surface area (Å²) in [6.45, 7) is 0. The molecule has 0 saturated carbocycles. The van der Waals surface area contributed by atoms with Crippen LogP contribution in [0.25, 0.3) is 11.3 Å². The molecule has 0 fully saturated rings. The number of carbonyl (C=O) groups is 1. The van der Waals surface area contributed by atoms with Gasteiger partial charge in [0, 0.05) is 22.3 Å². The summed E-state index contributed by atoms with van der Waals surface area (Å²) in [5, 5.41) is 3.53. The minimum Gasteiger partial charge on any atom is -0.494 e. The Balaban J connectivity index is 1.86. The summed E-state index contributed by atoms with van der Waals surface area (Å²) in [4.78, 5) is 12.5. The van der Waals surface area contributed by atoms with Gasteiger partial charge in [0.15, 0.2) is 5.76 Å². The van der Waals surface area contributed by atoms with E-state index in [0.717, 1.165) is 5.56 Å². The number of amides is 1. The van der Waals surface area contributed by atoms with Crippen LogP contribution in [0.2, 0.25) is 10.0 Å². The number of benzene rings is 2. The molecule has 7 heteroatoms. The maximum atomic E-state index is 12.5. The molecule has 0 bridgehead atoms. The van der Waals surface area contributed by atoms with Crippen molar-refractivity contribution in [3.63, 3.8) is 0 Å². The van der Waals surface area contributed by atoms with Crippen LogP contribution in [0.3, 0.4) is 0 Å². The van der Waals surface area contributed by atoms with Crippen LogP contribution in [0.4, 0.5) is 11.4 Å². The molecule has 0 unspecified atom stereocenters. The number of halogens is 2. The van der Waals surface area contributed by atoms with E-state index in [2.05, 4.69) is 5.32 Å². The summed E-state index contributed by atoms with van der Waals surface area (Å²) in [6, 6.07) is 13.5. The number of anilines is 2. The van der Waals surface area contributed by atoms with E-state index >= 15 is 0 Å². The highest BCUT2D eigenvalue weighted by Gasteiger charge is 2.17. The Labute approximate surface area is 154 Å². The van der Waals surface area contributed by atoms with Crippen molar-refractivity contribution >= 4 is 40.5 Å². The van der Waals surface area contributed by atoms with Gasteiger partial charge in [0.05, 0.1) is 12.1 Å². The molecule has 3 aromatic rings. The summed E-state index contributed by atoms with van der Waals surface area (Å²) >= 11 is 12.1. The van der Waals surface area contributed by atoms with Gasteiger partial charge in [0.1, 0.15) is 17.2 Å². The lowest BCUT2D eigenvalue weighted by atomic mass is 10.2. The number of nitrogens with two attached hydrogens (primary N) is 1. The molecule has 0 spiro atoms. The van der Waals surface area contributed by atoms with Crippen LogP contribution in [0.15, 0.2) is 52.9 Å². The lowest BCUT2D eigenvalue weighted by Gasteiger charge is -2.12. The van der Waals surface area contributed by atoms with E-state index in [1.54, 1.807) is 36.4 Å². The quantitative estimate of drug-likeness (QED) is 0.621. The minimum atomic E-state index is -0.460. The van der Waals surface area contributed by atoms with Crippen molar-refractivity contribution in [3.05, 3.63) is 64.3 Å². The first-order valence-electron chi connectivity index (χ1n) is 7.28. The van der Waals surface area contributed by atoms with Gasteiger partial charge in [-0.25, -0.2) is 0 Å². The van der Waals surface area contributed by atoms with Gasteiger partial charge in [-0.15, -0.1) is 0 Å². The van der Waals surface area contributed by atoms with Crippen LogP contribution >= 0.6 is 23.2 Å². The molecule has 5 nitrogen and oxygen atoms in total. The second-order valence-electron chi connectivity index (χ2n) is 5.21. The van der Waals surface area contributed by atoms with Gasteiger partial charge in [0.2, 0.25) is 0 Å². The van der Waals surface area contributed by atoms with Crippen molar-refractivity contribution in [2.24, 2.45) is 0 Å². The zero-order valence-corrected chi connectivity index (χ0v) is 14.7. The minimum absolute atomic E-state index is 0.130. The Bertz CT molecular complexity index is 938. The molecule has 128 valence electrons. The highest BCUT2D eigenvalue weighted by Crippen LogP contribution is 2.35. The molecule has 0 aliphatic carbocycles. The molecule has 0 saturated heterocycles. The van der Waals surface area contributed by atoms with E-state index in [9.17, 15) is 4.79 Å². The van der Waals surface area contributed by atoms with Gasteiger partial charge in [0.25, 0.3) is 5.91 Å². The van der Waals surface area contributed by atoms with Crippen LogP contribution in [0, 0.1) is 0 Å². The molecule has 2 aromatic carbocycles. The average molecular weight is 377 g/mol. The average Bonchev–Trinajstić information content (AvgIpc) is 3.07. The molecule has 0 radical (unpaired) electrons. The number of ether oxygens (including phenoxy) is 1. The second kappa shape index (κ2) is 7.09. The van der Waals surface area contributed by atoms with E-state index in [4.69, 9.17) is 38.1 Å². The summed E-state index contributed by atoms with van der Waals surface area (Å²) in [5.74, 6) is 0.561. The molecule has 1 amide bonds. The number of nitrogens with one attached hydrogen (secondary N) is 1. The Morgan fingerprint density at radius 2 is 1.96 bits per heavy atom. The Hall–Kier alpha value is -2.63. The fraction of sp³-hybridized carbons (Fsp3) is 0.0556. The van der Waals surface area contributed by atoms with Crippen molar-refractivity contribution in [3.8, 4) is 17.1 Å². The number of hydrogen-bond donors (Lipinski definition) is 2. The maximum absolute atomic E-state index is 12.5. The number of rotatable bonds is 4. The lowest BCUT2D eigenvalue weighted by molar-refractivity contribution is 0.0997. The van der Waals surface area contributed by atoms with Gasteiger partial charge in [-0.1, -0.05) is 35.3 Å². The van der Waals surface area contributed by atoms with E-state index in [1.165, 1.54) is 13.2 Å². The number of hydrogen-bond acceptors (Lipinski definition) is 4. The normalized spacial score (nSPS) is 10.5. The zero-order valence-electron chi connectivity index (χ0n) is 13.2. The Morgan fingerprint density at radius 3 is 2.68 bits per heavy atom. The molecule has 0 aliphatic rings. The van der Waals surface area contributed by atoms with Crippen LogP contribution in [-0.2, 0) is 0 Å². The number of carbonyl (C=O) groups excluding carboxylic acids is 1. The third kappa shape index (κ3) is 3.73. The summed E-state index contributed by atoms with van der Waals surface area (Å²) in [6.07, 6.45) is 0. The first-order chi connectivity index (χ1) is 12.0. The molecular formula is C18H14Cl2N2O3. The lowest BCUT2D eigenvalue weighted by Crippen LogP contribution is -2.12. The smallest absolute Gasteiger partial charge is 0.291 e. The SMILES string of the molecule is COc1cc(N)cc(Cl)c1NC(=O)c1ccc(-c2cccc(Cl)c2)o1. The zero-order chi connectivity index (χ0) is 18.0. The van der Waals surface area contributed by atoms with Crippen LogP contribution in [0.1, 0.15) is 10.6 Å².